The van der Waals surface area contributed by atoms with E-state index < -0.39 is 16.0 Å². The molecular weight excluding hydrogens is 288 g/mol. The van der Waals surface area contributed by atoms with Crippen LogP contribution in [0.5, 0.6) is 0 Å². The van der Waals surface area contributed by atoms with Crippen molar-refractivity contribution in [2.45, 2.75) is 17.7 Å². The average Bonchev–Trinajstić information content (AvgIpc) is 2.88. The molecule has 6 nitrogen and oxygen atoms in total. The van der Waals surface area contributed by atoms with Gasteiger partial charge in [-0.2, -0.15) is 11.8 Å². The van der Waals surface area contributed by atoms with E-state index in [0.717, 1.165) is 30.4 Å². The molecule has 8 heteroatoms. The second-order valence-electron chi connectivity index (χ2n) is 4.46. The molecule has 0 atom stereocenters. The highest BCUT2D eigenvalue weighted by atomic mass is 32.2. The zero-order valence-corrected chi connectivity index (χ0v) is 11.9. The van der Waals surface area contributed by atoms with E-state index in [0.29, 0.717) is 12.5 Å². The van der Waals surface area contributed by atoms with Crippen LogP contribution in [0.2, 0.25) is 0 Å². The summed E-state index contributed by atoms with van der Waals surface area (Å²) in [4.78, 5) is 13.1. The molecule has 1 fully saturated rings. The summed E-state index contributed by atoms with van der Waals surface area (Å²) < 4.78 is 26.5. The molecule has 1 aromatic heterocycles. The van der Waals surface area contributed by atoms with Gasteiger partial charge in [-0.25, -0.2) is 17.9 Å². The van der Waals surface area contributed by atoms with Crippen LogP contribution in [-0.4, -0.2) is 42.5 Å². The van der Waals surface area contributed by atoms with Gasteiger partial charge < -0.3 is 10.1 Å². The molecule has 0 bridgehead atoms. The molecule has 0 radical (unpaired) electrons. The Labute approximate surface area is 116 Å². The highest BCUT2D eigenvalue weighted by Gasteiger charge is 2.21. The monoisotopic (exact) mass is 304 g/mol. The van der Waals surface area contributed by atoms with E-state index in [2.05, 4.69) is 9.71 Å². The van der Waals surface area contributed by atoms with Crippen molar-refractivity contribution in [1.29, 1.82) is 0 Å². The molecule has 0 aliphatic carbocycles. The summed E-state index contributed by atoms with van der Waals surface area (Å²) in [7, 11) is -3.62. The zero-order chi connectivity index (χ0) is 13.9. The topological polar surface area (TPSA) is 99.3 Å². The Hall–Kier alpha value is -0.990. The van der Waals surface area contributed by atoms with Crippen LogP contribution in [-0.2, 0) is 10.0 Å². The Bertz CT molecular complexity index is 547. The lowest BCUT2D eigenvalue weighted by Gasteiger charge is -2.21. The standard InChI is InChI=1S/C11H16N2O4S2/c14-11(15)10-5-9(7-12-10)19(16,17)13-6-8-1-3-18-4-2-8/h5,7-8,12-13H,1-4,6H2,(H,14,15). The maximum atomic E-state index is 12.0. The molecule has 0 saturated carbocycles. The number of aromatic amines is 1. The summed E-state index contributed by atoms with van der Waals surface area (Å²) in [5.74, 6) is 1.33. The predicted molar refractivity (Wildman–Crippen MR) is 73.0 cm³/mol. The quantitative estimate of drug-likeness (QED) is 0.757. The number of aromatic nitrogens is 1. The molecule has 106 valence electrons. The number of carbonyl (C=O) groups is 1. The third kappa shape index (κ3) is 3.74. The number of hydrogen-bond acceptors (Lipinski definition) is 4. The first-order valence-corrected chi connectivity index (χ1v) is 8.62. The van der Waals surface area contributed by atoms with E-state index >= 15 is 0 Å². The van der Waals surface area contributed by atoms with E-state index in [4.69, 9.17) is 5.11 Å². The lowest BCUT2D eigenvalue weighted by atomic mass is 10.0. The Morgan fingerprint density at radius 2 is 2.16 bits per heavy atom. The summed E-state index contributed by atoms with van der Waals surface area (Å²) in [6.45, 7) is 0.413. The molecule has 1 aliphatic rings. The highest BCUT2D eigenvalue weighted by Crippen LogP contribution is 2.22. The largest absolute Gasteiger partial charge is 0.477 e. The van der Waals surface area contributed by atoms with Gasteiger partial charge in [0.05, 0.1) is 0 Å². The minimum absolute atomic E-state index is 0.0323. The van der Waals surface area contributed by atoms with E-state index in [1.807, 2.05) is 11.8 Å². The van der Waals surface area contributed by atoms with E-state index in [-0.39, 0.29) is 10.6 Å². The van der Waals surface area contributed by atoms with Gasteiger partial charge in [0.1, 0.15) is 10.6 Å². The number of carboxylic acids is 1. The average molecular weight is 304 g/mol. The number of thioether (sulfide) groups is 1. The maximum absolute atomic E-state index is 12.0. The van der Waals surface area contributed by atoms with Crippen LogP contribution in [0.4, 0.5) is 0 Å². The summed E-state index contributed by atoms with van der Waals surface area (Å²) >= 11 is 1.89. The number of aromatic carboxylic acids is 1. The van der Waals surface area contributed by atoms with Crippen LogP contribution in [0.3, 0.4) is 0 Å². The van der Waals surface area contributed by atoms with E-state index in [9.17, 15) is 13.2 Å². The SMILES string of the molecule is O=C(O)c1cc(S(=O)(=O)NCC2CCSCC2)c[nH]1. The normalized spacial score (nSPS) is 17.5. The van der Waals surface area contributed by atoms with Crippen molar-refractivity contribution in [3.05, 3.63) is 18.0 Å². The Balaban J connectivity index is 1.98. The van der Waals surface area contributed by atoms with Gasteiger partial charge in [-0.3, -0.25) is 0 Å². The Morgan fingerprint density at radius 3 is 2.74 bits per heavy atom. The fourth-order valence-electron chi connectivity index (χ4n) is 1.91. The Morgan fingerprint density at radius 1 is 1.47 bits per heavy atom. The van der Waals surface area contributed by atoms with Gasteiger partial charge in [0, 0.05) is 12.7 Å². The summed E-state index contributed by atoms with van der Waals surface area (Å²) in [6.07, 6.45) is 3.23. The van der Waals surface area contributed by atoms with Gasteiger partial charge in [-0.15, -0.1) is 0 Å². The lowest BCUT2D eigenvalue weighted by molar-refractivity contribution is 0.0691. The van der Waals surface area contributed by atoms with Crippen LogP contribution in [0.1, 0.15) is 23.3 Å². The second kappa shape index (κ2) is 5.98. The van der Waals surface area contributed by atoms with Gasteiger partial charge in [-0.1, -0.05) is 0 Å². The van der Waals surface area contributed by atoms with Crippen molar-refractivity contribution in [2.24, 2.45) is 5.92 Å². The van der Waals surface area contributed by atoms with Gasteiger partial charge in [0.25, 0.3) is 0 Å². The van der Waals surface area contributed by atoms with Crippen molar-refractivity contribution in [1.82, 2.24) is 9.71 Å². The number of nitrogens with one attached hydrogen (secondary N) is 2. The third-order valence-corrected chi connectivity index (χ3v) is 5.55. The van der Waals surface area contributed by atoms with E-state index in [1.165, 1.54) is 6.20 Å². The molecule has 2 heterocycles. The van der Waals surface area contributed by atoms with Crippen molar-refractivity contribution in [3.63, 3.8) is 0 Å². The number of rotatable bonds is 5. The highest BCUT2D eigenvalue weighted by molar-refractivity contribution is 7.99. The first-order valence-electron chi connectivity index (χ1n) is 5.98. The first-order chi connectivity index (χ1) is 8.99. The lowest BCUT2D eigenvalue weighted by Crippen LogP contribution is -2.30. The van der Waals surface area contributed by atoms with Crippen LogP contribution in [0.25, 0.3) is 0 Å². The minimum Gasteiger partial charge on any atom is -0.477 e. The van der Waals surface area contributed by atoms with Crippen LogP contribution >= 0.6 is 11.8 Å². The predicted octanol–water partition coefficient (Wildman–Crippen LogP) is 1.13. The van der Waals surface area contributed by atoms with Crippen LogP contribution in [0.15, 0.2) is 17.2 Å². The van der Waals surface area contributed by atoms with Crippen molar-refractivity contribution in [2.75, 3.05) is 18.1 Å². The first kappa shape index (κ1) is 14.4. The molecule has 2 rings (SSSR count). The van der Waals surface area contributed by atoms with Crippen molar-refractivity contribution >= 4 is 27.8 Å². The van der Waals surface area contributed by atoms with Crippen molar-refractivity contribution < 1.29 is 18.3 Å². The molecule has 3 N–H and O–H groups in total. The minimum atomic E-state index is -3.62. The molecule has 1 aliphatic heterocycles. The zero-order valence-electron chi connectivity index (χ0n) is 10.3. The fraction of sp³-hybridized carbons (Fsp3) is 0.545. The number of hydrogen-bond donors (Lipinski definition) is 3. The van der Waals surface area contributed by atoms with Crippen molar-refractivity contribution in [3.8, 4) is 0 Å². The summed E-state index contributed by atoms with van der Waals surface area (Å²) in [6, 6.07) is 1.13. The molecule has 0 aromatic carbocycles. The number of carboxylic acid groups (broad SMARTS) is 1. The Kier molecular flexibility index (Phi) is 4.54. The summed E-state index contributed by atoms with van der Waals surface area (Å²) in [5.41, 5.74) is -0.130. The number of H-pyrrole nitrogens is 1. The molecule has 1 saturated heterocycles. The molecular formula is C11H16N2O4S2. The van der Waals surface area contributed by atoms with Gasteiger partial charge in [-0.05, 0) is 36.3 Å². The van der Waals surface area contributed by atoms with Gasteiger partial charge in [0.2, 0.25) is 10.0 Å². The second-order valence-corrected chi connectivity index (χ2v) is 7.45. The maximum Gasteiger partial charge on any atom is 0.352 e. The van der Waals surface area contributed by atoms with Crippen LogP contribution < -0.4 is 4.72 Å². The van der Waals surface area contributed by atoms with E-state index in [1.54, 1.807) is 0 Å². The molecule has 0 unspecified atom stereocenters. The fourth-order valence-corrected chi connectivity index (χ4v) is 4.23. The summed E-state index contributed by atoms with van der Waals surface area (Å²) in [5, 5.41) is 8.75. The molecule has 0 spiro atoms. The van der Waals surface area contributed by atoms with Crippen LogP contribution in [0, 0.1) is 5.92 Å². The molecule has 1 aromatic rings. The number of sulfonamides is 1. The molecule has 0 amide bonds. The van der Waals surface area contributed by atoms with Gasteiger partial charge >= 0.3 is 5.97 Å². The molecule has 19 heavy (non-hydrogen) atoms. The smallest absolute Gasteiger partial charge is 0.352 e. The van der Waals surface area contributed by atoms with Gasteiger partial charge in [0.15, 0.2) is 0 Å². The third-order valence-electron chi connectivity index (χ3n) is 3.10.